The van der Waals surface area contributed by atoms with Crippen molar-refractivity contribution in [1.29, 1.82) is 0 Å². The average Bonchev–Trinajstić information content (AvgIpc) is 2.60. The summed E-state index contributed by atoms with van der Waals surface area (Å²) in [6.07, 6.45) is 1.21. The number of hydrogen-bond donors (Lipinski definition) is 1. The van der Waals surface area contributed by atoms with Crippen LogP contribution in [0.4, 0.5) is 11.4 Å². The number of amides is 1. The van der Waals surface area contributed by atoms with Crippen LogP contribution in [0.3, 0.4) is 0 Å². The smallest absolute Gasteiger partial charge is 0.271 e. The number of nitro benzene ring substituents is 1. The zero-order chi connectivity index (χ0) is 18.8. The molecule has 8 nitrogen and oxygen atoms in total. The predicted octanol–water partition coefficient (Wildman–Crippen LogP) is 3.01. The monoisotopic (exact) mass is 416 g/mol. The van der Waals surface area contributed by atoms with E-state index in [0.717, 1.165) is 14.6 Å². The van der Waals surface area contributed by atoms with Crippen LogP contribution in [-0.4, -0.2) is 20.4 Å². The Balaban J connectivity index is 1.84. The first kappa shape index (κ1) is 17.7. The number of benzene rings is 2. The number of halogens is 1. The van der Waals surface area contributed by atoms with Crippen LogP contribution >= 0.6 is 15.9 Å². The normalized spacial score (nSPS) is 10.7. The van der Waals surface area contributed by atoms with E-state index >= 15 is 0 Å². The molecule has 1 aromatic heterocycles. The van der Waals surface area contributed by atoms with Gasteiger partial charge in [-0.2, -0.15) is 0 Å². The molecule has 9 heteroatoms. The zero-order valence-corrected chi connectivity index (χ0v) is 15.2. The van der Waals surface area contributed by atoms with Gasteiger partial charge in [0.05, 0.1) is 22.2 Å². The molecule has 0 bridgehead atoms. The Morgan fingerprint density at radius 2 is 2.08 bits per heavy atom. The highest BCUT2D eigenvalue weighted by Gasteiger charge is 2.12. The standard InChI is InChI=1S/C17H13BrN4O4/c1-10-6-11(2-5-14(10)18)20-16(23)8-21-9-19-15-7-12(22(25)26)3-4-13(15)17(21)24/h2-7,9H,8H2,1H3,(H,20,23). The van der Waals surface area contributed by atoms with Crippen molar-refractivity contribution in [1.82, 2.24) is 9.55 Å². The Hall–Kier alpha value is -3.07. The summed E-state index contributed by atoms with van der Waals surface area (Å²) in [6, 6.07) is 9.18. The Bertz CT molecular complexity index is 1090. The number of non-ortho nitro benzene ring substituents is 1. The van der Waals surface area contributed by atoms with Crippen LogP contribution in [0.15, 0.2) is 52.0 Å². The Kier molecular flexibility index (Phi) is 4.81. The van der Waals surface area contributed by atoms with Gasteiger partial charge < -0.3 is 5.32 Å². The molecule has 0 unspecified atom stereocenters. The van der Waals surface area contributed by atoms with Gasteiger partial charge in [0.1, 0.15) is 6.54 Å². The van der Waals surface area contributed by atoms with Crippen LogP contribution in [0.2, 0.25) is 0 Å². The number of nitro groups is 1. The minimum atomic E-state index is -0.555. The van der Waals surface area contributed by atoms with E-state index in [1.54, 1.807) is 6.07 Å². The van der Waals surface area contributed by atoms with Crippen LogP contribution in [-0.2, 0) is 11.3 Å². The zero-order valence-electron chi connectivity index (χ0n) is 13.6. The molecule has 0 saturated carbocycles. The lowest BCUT2D eigenvalue weighted by Gasteiger charge is -2.09. The highest BCUT2D eigenvalue weighted by molar-refractivity contribution is 9.10. The van der Waals surface area contributed by atoms with Crippen molar-refractivity contribution in [2.24, 2.45) is 0 Å². The number of fused-ring (bicyclic) bond motifs is 1. The summed E-state index contributed by atoms with van der Waals surface area (Å²) in [5.41, 5.74) is 1.21. The lowest BCUT2D eigenvalue weighted by molar-refractivity contribution is -0.384. The largest absolute Gasteiger partial charge is 0.325 e. The first-order valence-corrected chi connectivity index (χ1v) is 8.34. The van der Waals surface area contributed by atoms with Crippen molar-refractivity contribution in [2.75, 3.05) is 5.32 Å². The summed E-state index contributed by atoms with van der Waals surface area (Å²) in [5.74, 6) is -0.378. The molecule has 0 spiro atoms. The molecule has 2 aromatic carbocycles. The second-order valence-electron chi connectivity index (χ2n) is 5.65. The fraction of sp³-hybridized carbons (Fsp3) is 0.118. The molecular formula is C17H13BrN4O4. The van der Waals surface area contributed by atoms with Gasteiger partial charge in [-0.05, 0) is 36.8 Å². The van der Waals surface area contributed by atoms with Crippen LogP contribution in [0, 0.1) is 17.0 Å². The molecule has 0 atom stereocenters. The van der Waals surface area contributed by atoms with Crippen LogP contribution in [0.1, 0.15) is 5.56 Å². The van der Waals surface area contributed by atoms with Crippen molar-refractivity contribution in [3.8, 4) is 0 Å². The van der Waals surface area contributed by atoms with Crippen molar-refractivity contribution < 1.29 is 9.72 Å². The van der Waals surface area contributed by atoms with Gasteiger partial charge in [-0.25, -0.2) is 4.98 Å². The van der Waals surface area contributed by atoms with E-state index in [2.05, 4.69) is 26.2 Å². The number of aryl methyl sites for hydroxylation is 1. The quantitative estimate of drug-likeness (QED) is 0.519. The molecule has 1 heterocycles. The third-order valence-electron chi connectivity index (χ3n) is 3.78. The summed E-state index contributed by atoms with van der Waals surface area (Å²) in [7, 11) is 0. The summed E-state index contributed by atoms with van der Waals surface area (Å²) >= 11 is 3.39. The molecule has 0 aliphatic heterocycles. The number of carbonyl (C=O) groups is 1. The van der Waals surface area contributed by atoms with Gasteiger partial charge >= 0.3 is 0 Å². The van der Waals surface area contributed by atoms with E-state index in [1.807, 2.05) is 19.1 Å². The Labute approximate surface area is 155 Å². The van der Waals surface area contributed by atoms with Crippen LogP contribution in [0.25, 0.3) is 10.9 Å². The van der Waals surface area contributed by atoms with E-state index in [1.165, 1.54) is 24.5 Å². The number of rotatable bonds is 4. The molecule has 1 N–H and O–H groups in total. The molecule has 0 fully saturated rings. The molecule has 0 aliphatic carbocycles. The molecule has 0 radical (unpaired) electrons. The lowest BCUT2D eigenvalue weighted by Crippen LogP contribution is -2.27. The number of nitrogens with zero attached hydrogens (tertiary/aromatic N) is 3. The Morgan fingerprint density at radius 3 is 2.77 bits per heavy atom. The van der Waals surface area contributed by atoms with Gasteiger partial charge in [-0.1, -0.05) is 15.9 Å². The molecular weight excluding hydrogens is 404 g/mol. The van der Waals surface area contributed by atoms with Gasteiger partial charge in [0.15, 0.2) is 0 Å². The lowest BCUT2D eigenvalue weighted by atomic mass is 10.2. The number of aromatic nitrogens is 2. The maximum Gasteiger partial charge on any atom is 0.271 e. The van der Waals surface area contributed by atoms with Crippen molar-refractivity contribution in [3.63, 3.8) is 0 Å². The second kappa shape index (κ2) is 7.04. The van der Waals surface area contributed by atoms with Gasteiger partial charge in [0.2, 0.25) is 5.91 Å². The van der Waals surface area contributed by atoms with Crippen molar-refractivity contribution in [3.05, 3.63) is 73.2 Å². The molecule has 0 saturated heterocycles. The van der Waals surface area contributed by atoms with Gasteiger partial charge in [-0.15, -0.1) is 0 Å². The molecule has 0 aliphatic rings. The third kappa shape index (κ3) is 3.62. The minimum absolute atomic E-state index is 0.148. The molecule has 3 aromatic rings. The van der Waals surface area contributed by atoms with Crippen molar-refractivity contribution in [2.45, 2.75) is 13.5 Å². The number of carbonyl (C=O) groups excluding carboxylic acids is 1. The number of hydrogen-bond acceptors (Lipinski definition) is 5. The fourth-order valence-electron chi connectivity index (χ4n) is 2.45. The van der Waals surface area contributed by atoms with Gasteiger partial charge in [0, 0.05) is 22.3 Å². The summed E-state index contributed by atoms with van der Waals surface area (Å²) in [6.45, 7) is 1.69. The SMILES string of the molecule is Cc1cc(NC(=O)Cn2cnc3cc([N+](=O)[O-])ccc3c2=O)ccc1Br. The van der Waals surface area contributed by atoms with Crippen molar-refractivity contribution >= 4 is 44.1 Å². The maximum atomic E-state index is 12.5. The van der Waals surface area contributed by atoms with E-state index in [0.29, 0.717) is 5.69 Å². The molecule has 132 valence electrons. The van der Waals surface area contributed by atoms with E-state index in [9.17, 15) is 19.7 Å². The van der Waals surface area contributed by atoms with Gasteiger partial charge in [0.25, 0.3) is 11.2 Å². The molecule has 1 amide bonds. The highest BCUT2D eigenvalue weighted by Crippen LogP contribution is 2.20. The highest BCUT2D eigenvalue weighted by atomic mass is 79.9. The summed E-state index contributed by atoms with van der Waals surface area (Å²) < 4.78 is 2.09. The average molecular weight is 417 g/mol. The second-order valence-corrected chi connectivity index (χ2v) is 6.50. The first-order chi connectivity index (χ1) is 12.3. The van der Waals surface area contributed by atoms with Crippen LogP contribution < -0.4 is 10.9 Å². The number of anilines is 1. The molecule has 3 rings (SSSR count). The van der Waals surface area contributed by atoms with Gasteiger partial charge in [-0.3, -0.25) is 24.3 Å². The predicted molar refractivity (Wildman–Crippen MR) is 100 cm³/mol. The minimum Gasteiger partial charge on any atom is -0.325 e. The summed E-state index contributed by atoms with van der Waals surface area (Å²) in [5, 5.41) is 13.7. The van der Waals surface area contributed by atoms with Crippen LogP contribution in [0.5, 0.6) is 0 Å². The summed E-state index contributed by atoms with van der Waals surface area (Å²) in [4.78, 5) is 39.0. The number of nitrogens with one attached hydrogen (secondary N) is 1. The molecule has 26 heavy (non-hydrogen) atoms. The Morgan fingerprint density at radius 1 is 1.31 bits per heavy atom. The van der Waals surface area contributed by atoms with E-state index in [-0.39, 0.29) is 29.0 Å². The first-order valence-electron chi connectivity index (χ1n) is 7.55. The third-order valence-corrected chi connectivity index (χ3v) is 4.67. The van der Waals surface area contributed by atoms with E-state index < -0.39 is 10.5 Å². The van der Waals surface area contributed by atoms with E-state index in [4.69, 9.17) is 0 Å². The fourth-order valence-corrected chi connectivity index (χ4v) is 2.70. The topological polar surface area (TPSA) is 107 Å². The maximum absolute atomic E-state index is 12.5.